The second kappa shape index (κ2) is 3.10. The number of pyridine rings is 1. The molecule has 0 N–H and O–H groups in total. The van der Waals surface area contributed by atoms with Gasteiger partial charge in [-0.2, -0.15) is 0 Å². The summed E-state index contributed by atoms with van der Waals surface area (Å²) >= 11 is 0. The van der Waals surface area contributed by atoms with E-state index < -0.39 is 0 Å². The Kier molecular flexibility index (Phi) is 1.92. The summed E-state index contributed by atoms with van der Waals surface area (Å²) in [5.41, 5.74) is 1.31. The van der Waals surface area contributed by atoms with Crippen LogP contribution in [0.3, 0.4) is 0 Å². The Bertz CT molecular complexity index is 474. The Morgan fingerprint density at radius 2 is 2.21 bits per heavy atom. The van der Waals surface area contributed by atoms with Gasteiger partial charge >= 0.3 is 6.03 Å². The molecule has 5 nitrogen and oxygen atoms in total. The quantitative estimate of drug-likeness (QED) is 0.621. The predicted octanol–water partition coefficient (Wildman–Crippen LogP) is 0.961. The van der Waals surface area contributed by atoms with Crippen LogP contribution < -0.4 is 0 Å². The van der Waals surface area contributed by atoms with Crippen molar-refractivity contribution in [2.45, 2.75) is 0 Å². The lowest BCUT2D eigenvalue weighted by Crippen LogP contribution is -2.26. The number of fused-ring (bicyclic) bond motifs is 1. The van der Waals surface area contributed by atoms with Crippen LogP contribution in [0.2, 0.25) is 0 Å². The summed E-state index contributed by atoms with van der Waals surface area (Å²) in [6.07, 6.45) is 3.13. The molecule has 0 saturated carbocycles. The Balaban J connectivity index is 2.58. The van der Waals surface area contributed by atoms with E-state index >= 15 is 0 Å². The molecule has 2 aromatic heterocycles. The van der Waals surface area contributed by atoms with Crippen LogP contribution in [-0.2, 0) is 0 Å². The minimum Gasteiger partial charge on any atom is -0.330 e. The fourth-order valence-corrected chi connectivity index (χ4v) is 1.20. The van der Waals surface area contributed by atoms with E-state index in [0.29, 0.717) is 5.65 Å². The number of aromatic nitrogens is 3. The third-order valence-corrected chi connectivity index (χ3v) is 1.90. The Labute approximate surface area is 81.0 Å². The van der Waals surface area contributed by atoms with Gasteiger partial charge < -0.3 is 4.90 Å². The van der Waals surface area contributed by atoms with E-state index in [2.05, 4.69) is 9.97 Å². The van der Waals surface area contributed by atoms with E-state index in [1.54, 1.807) is 26.4 Å². The van der Waals surface area contributed by atoms with Crippen molar-refractivity contribution in [3.8, 4) is 0 Å². The molecule has 0 aromatic carbocycles. The Morgan fingerprint density at radius 3 is 2.93 bits per heavy atom. The van der Waals surface area contributed by atoms with Crippen LogP contribution in [0, 0.1) is 0 Å². The molecule has 1 amide bonds. The molecule has 0 atom stereocenters. The molecule has 2 heterocycles. The van der Waals surface area contributed by atoms with Gasteiger partial charge in [-0.05, 0) is 12.1 Å². The average Bonchev–Trinajstić information content (AvgIpc) is 2.60. The molecule has 0 spiro atoms. The largest absolute Gasteiger partial charge is 0.330 e. The molecule has 0 aliphatic rings. The van der Waals surface area contributed by atoms with Gasteiger partial charge in [-0.25, -0.2) is 19.3 Å². The third-order valence-electron chi connectivity index (χ3n) is 1.90. The number of imidazole rings is 1. The molecule has 72 valence electrons. The SMILES string of the molecule is CN(C)C(=O)n1cnc2cccnc21. The van der Waals surface area contributed by atoms with E-state index in [9.17, 15) is 4.79 Å². The minimum atomic E-state index is -0.147. The van der Waals surface area contributed by atoms with Gasteiger partial charge in [0.25, 0.3) is 0 Å². The lowest BCUT2D eigenvalue weighted by Gasteiger charge is -2.09. The lowest BCUT2D eigenvalue weighted by atomic mass is 10.4. The predicted molar refractivity (Wildman–Crippen MR) is 52.0 cm³/mol. The van der Waals surface area contributed by atoms with Crippen LogP contribution in [0.4, 0.5) is 4.79 Å². The standard InChI is InChI=1S/C9H10N4O/c1-12(2)9(14)13-6-11-7-4-3-5-10-8(7)13/h3-6H,1-2H3. The van der Waals surface area contributed by atoms with Crippen molar-refractivity contribution in [3.63, 3.8) is 0 Å². The molecular weight excluding hydrogens is 180 g/mol. The first-order valence-corrected chi connectivity index (χ1v) is 4.20. The van der Waals surface area contributed by atoms with Gasteiger partial charge in [-0.1, -0.05) is 0 Å². The molecule has 0 radical (unpaired) electrons. The van der Waals surface area contributed by atoms with Crippen LogP contribution in [0.15, 0.2) is 24.7 Å². The van der Waals surface area contributed by atoms with Crippen LogP contribution in [0.5, 0.6) is 0 Å². The fourth-order valence-electron chi connectivity index (χ4n) is 1.20. The highest BCUT2D eigenvalue weighted by molar-refractivity contribution is 5.86. The molecule has 14 heavy (non-hydrogen) atoms. The van der Waals surface area contributed by atoms with E-state index in [1.165, 1.54) is 15.8 Å². The average molecular weight is 190 g/mol. The van der Waals surface area contributed by atoms with E-state index in [-0.39, 0.29) is 6.03 Å². The van der Waals surface area contributed by atoms with Gasteiger partial charge in [-0.3, -0.25) is 0 Å². The summed E-state index contributed by atoms with van der Waals surface area (Å²) in [7, 11) is 3.38. The topological polar surface area (TPSA) is 51.0 Å². The zero-order valence-electron chi connectivity index (χ0n) is 8.01. The summed E-state index contributed by atoms with van der Waals surface area (Å²) in [6.45, 7) is 0. The van der Waals surface area contributed by atoms with Crippen LogP contribution in [0.1, 0.15) is 0 Å². The highest BCUT2D eigenvalue weighted by atomic mass is 16.2. The molecule has 0 aliphatic heterocycles. The number of hydrogen-bond donors (Lipinski definition) is 0. The van der Waals surface area contributed by atoms with Crippen molar-refractivity contribution >= 4 is 17.2 Å². The summed E-state index contributed by atoms with van der Waals surface area (Å²) in [4.78, 5) is 21.3. The minimum absolute atomic E-state index is 0.147. The zero-order valence-corrected chi connectivity index (χ0v) is 8.01. The van der Waals surface area contributed by atoms with Gasteiger partial charge in [0.2, 0.25) is 0 Å². The maximum atomic E-state index is 11.6. The van der Waals surface area contributed by atoms with Crippen molar-refractivity contribution < 1.29 is 4.79 Å². The Hall–Kier alpha value is -1.91. The van der Waals surface area contributed by atoms with Gasteiger partial charge in [0.1, 0.15) is 11.8 Å². The number of carbonyl (C=O) groups excluding carboxylic acids is 1. The molecular formula is C9H10N4O. The number of nitrogens with zero attached hydrogens (tertiary/aromatic N) is 4. The summed E-state index contributed by atoms with van der Waals surface area (Å²) in [6, 6.07) is 3.47. The van der Waals surface area contributed by atoms with Gasteiger partial charge in [-0.15, -0.1) is 0 Å². The van der Waals surface area contributed by atoms with Crippen LogP contribution >= 0.6 is 0 Å². The van der Waals surface area contributed by atoms with Crippen molar-refractivity contribution in [2.24, 2.45) is 0 Å². The number of carbonyl (C=O) groups is 1. The molecule has 0 unspecified atom stereocenters. The van der Waals surface area contributed by atoms with E-state index in [0.717, 1.165) is 5.52 Å². The number of rotatable bonds is 0. The highest BCUT2D eigenvalue weighted by Crippen LogP contribution is 2.08. The molecule has 2 rings (SSSR count). The third kappa shape index (κ3) is 1.22. The van der Waals surface area contributed by atoms with Crippen molar-refractivity contribution in [1.29, 1.82) is 0 Å². The fraction of sp³-hybridized carbons (Fsp3) is 0.222. The smallest absolute Gasteiger partial charge is 0.330 e. The van der Waals surface area contributed by atoms with Crippen LogP contribution in [-0.4, -0.2) is 39.6 Å². The van der Waals surface area contributed by atoms with Crippen molar-refractivity contribution in [1.82, 2.24) is 19.4 Å². The normalized spacial score (nSPS) is 10.4. The first kappa shape index (κ1) is 8.68. The molecule has 0 aliphatic carbocycles. The second-order valence-corrected chi connectivity index (χ2v) is 3.14. The van der Waals surface area contributed by atoms with Gasteiger partial charge in [0.05, 0.1) is 0 Å². The summed E-state index contributed by atoms with van der Waals surface area (Å²) in [5.74, 6) is 0. The number of amides is 1. The molecule has 0 fully saturated rings. The maximum Gasteiger partial charge on any atom is 0.330 e. The summed E-state index contributed by atoms with van der Waals surface area (Å²) < 4.78 is 1.43. The maximum absolute atomic E-state index is 11.6. The van der Waals surface area contributed by atoms with Crippen molar-refractivity contribution in [2.75, 3.05) is 14.1 Å². The monoisotopic (exact) mass is 190 g/mol. The first-order valence-electron chi connectivity index (χ1n) is 4.20. The van der Waals surface area contributed by atoms with E-state index in [1.807, 2.05) is 6.07 Å². The molecule has 2 aromatic rings. The Morgan fingerprint density at radius 1 is 1.43 bits per heavy atom. The lowest BCUT2D eigenvalue weighted by molar-refractivity contribution is 0.220. The van der Waals surface area contributed by atoms with Gasteiger partial charge in [0, 0.05) is 20.3 Å². The van der Waals surface area contributed by atoms with E-state index in [4.69, 9.17) is 0 Å². The molecule has 5 heteroatoms. The molecule has 0 bridgehead atoms. The second-order valence-electron chi connectivity index (χ2n) is 3.14. The van der Waals surface area contributed by atoms with Gasteiger partial charge in [0.15, 0.2) is 5.65 Å². The first-order chi connectivity index (χ1) is 6.70. The zero-order chi connectivity index (χ0) is 10.1. The summed E-state index contributed by atoms with van der Waals surface area (Å²) in [5, 5.41) is 0. The van der Waals surface area contributed by atoms with Crippen molar-refractivity contribution in [3.05, 3.63) is 24.7 Å². The number of hydrogen-bond acceptors (Lipinski definition) is 3. The highest BCUT2D eigenvalue weighted by Gasteiger charge is 2.11. The van der Waals surface area contributed by atoms with Crippen LogP contribution in [0.25, 0.3) is 11.2 Å². The molecule has 0 saturated heterocycles.